The summed E-state index contributed by atoms with van der Waals surface area (Å²) in [6.07, 6.45) is 0.879. The third-order valence-corrected chi connectivity index (χ3v) is 2.69. The Morgan fingerprint density at radius 1 is 1.31 bits per heavy atom. The topological polar surface area (TPSA) is 47.3 Å². The number of benzene rings is 1. The Bertz CT molecular complexity index is 342. The predicted molar refractivity (Wildman–Crippen MR) is 67.6 cm³/mol. The molecule has 1 aromatic carbocycles. The van der Waals surface area contributed by atoms with Gasteiger partial charge in [0.15, 0.2) is 0 Å². The minimum atomic E-state index is 0.164. The molecule has 16 heavy (non-hydrogen) atoms. The largest absolute Gasteiger partial charge is 0.496 e. The first kappa shape index (κ1) is 13.0. The molecule has 0 radical (unpaired) electrons. The lowest BCUT2D eigenvalue weighted by molar-refractivity contribution is 0.408. The monoisotopic (exact) mass is 222 g/mol. The summed E-state index contributed by atoms with van der Waals surface area (Å²) in [6, 6.07) is 6.36. The van der Waals surface area contributed by atoms with Crippen LogP contribution < -0.4 is 16.0 Å². The average molecular weight is 222 g/mol. The van der Waals surface area contributed by atoms with Crippen LogP contribution in [0.4, 0.5) is 0 Å². The number of hydrogen-bond acceptors (Lipinski definition) is 3. The number of nitrogens with one attached hydrogen (secondary N) is 1. The molecule has 0 aliphatic carbocycles. The molecular weight excluding hydrogens is 200 g/mol. The van der Waals surface area contributed by atoms with Gasteiger partial charge in [-0.15, -0.1) is 0 Å². The molecule has 0 saturated carbocycles. The van der Waals surface area contributed by atoms with Gasteiger partial charge in [-0.1, -0.05) is 32.9 Å². The summed E-state index contributed by atoms with van der Waals surface area (Å²) in [7, 11) is 1.70. The van der Waals surface area contributed by atoms with Crippen LogP contribution in [-0.4, -0.2) is 13.7 Å². The van der Waals surface area contributed by atoms with Crippen LogP contribution in [0.25, 0.3) is 0 Å². The zero-order valence-electron chi connectivity index (χ0n) is 10.6. The van der Waals surface area contributed by atoms with Gasteiger partial charge >= 0.3 is 0 Å². The molecule has 0 saturated heterocycles. The summed E-state index contributed by atoms with van der Waals surface area (Å²) in [5.41, 5.74) is 5.36. The van der Waals surface area contributed by atoms with E-state index >= 15 is 0 Å². The molecule has 3 nitrogen and oxygen atoms in total. The van der Waals surface area contributed by atoms with Crippen LogP contribution in [0, 0.1) is 0 Å². The number of hydrazine groups is 1. The van der Waals surface area contributed by atoms with Gasteiger partial charge in [0.2, 0.25) is 0 Å². The van der Waals surface area contributed by atoms with E-state index in [1.54, 1.807) is 7.11 Å². The molecule has 0 aromatic heterocycles. The van der Waals surface area contributed by atoms with Crippen molar-refractivity contribution in [3.05, 3.63) is 29.3 Å². The van der Waals surface area contributed by atoms with Gasteiger partial charge in [-0.25, -0.2) is 0 Å². The lowest BCUT2D eigenvalue weighted by atomic mass is 9.85. The third kappa shape index (κ3) is 3.22. The smallest absolute Gasteiger partial charge is 0.122 e. The summed E-state index contributed by atoms with van der Waals surface area (Å²) < 4.78 is 5.34. The second-order valence-electron chi connectivity index (χ2n) is 4.98. The van der Waals surface area contributed by atoms with Crippen molar-refractivity contribution in [1.29, 1.82) is 0 Å². The Balaban J connectivity index is 3.01. The molecule has 0 fully saturated rings. The molecule has 0 unspecified atom stereocenters. The Labute approximate surface area is 98.0 Å². The van der Waals surface area contributed by atoms with E-state index in [0.29, 0.717) is 0 Å². The first-order valence-electron chi connectivity index (χ1n) is 5.60. The van der Waals surface area contributed by atoms with E-state index in [9.17, 15) is 0 Å². The fourth-order valence-corrected chi connectivity index (χ4v) is 1.65. The van der Waals surface area contributed by atoms with Gasteiger partial charge < -0.3 is 4.74 Å². The molecule has 0 atom stereocenters. The van der Waals surface area contributed by atoms with Crippen LogP contribution in [0.5, 0.6) is 5.75 Å². The third-order valence-electron chi connectivity index (χ3n) is 2.69. The number of ether oxygens (including phenoxy) is 1. The van der Waals surface area contributed by atoms with Crippen molar-refractivity contribution in [2.45, 2.75) is 32.6 Å². The molecule has 1 aromatic rings. The van der Waals surface area contributed by atoms with Crippen molar-refractivity contribution in [3.8, 4) is 5.75 Å². The molecular formula is C13H22N2O. The van der Waals surface area contributed by atoms with Gasteiger partial charge in [-0.3, -0.25) is 11.3 Å². The van der Waals surface area contributed by atoms with Gasteiger partial charge in [0.1, 0.15) is 5.75 Å². The van der Waals surface area contributed by atoms with Crippen molar-refractivity contribution in [2.75, 3.05) is 13.7 Å². The zero-order valence-corrected chi connectivity index (χ0v) is 10.6. The van der Waals surface area contributed by atoms with E-state index in [0.717, 1.165) is 18.7 Å². The molecule has 0 amide bonds. The first-order chi connectivity index (χ1) is 7.49. The van der Waals surface area contributed by atoms with E-state index in [4.69, 9.17) is 10.6 Å². The molecule has 3 N–H and O–H groups in total. The SMILES string of the molecule is COc1ccc(C(C)(C)C)cc1CCNN. The van der Waals surface area contributed by atoms with E-state index in [2.05, 4.69) is 38.3 Å². The van der Waals surface area contributed by atoms with Crippen LogP contribution in [0.1, 0.15) is 31.9 Å². The highest BCUT2D eigenvalue weighted by Crippen LogP contribution is 2.28. The highest BCUT2D eigenvalue weighted by molar-refractivity contribution is 5.39. The fraction of sp³-hybridized carbons (Fsp3) is 0.538. The lowest BCUT2D eigenvalue weighted by Crippen LogP contribution is -2.24. The fourth-order valence-electron chi connectivity index (χ4n) is 1.65. The van der Waals surface area contributed by atoms with Crippen molar-refractivity contribution >= 4 is 0 Å². The summed E-state index contributed by atoms with van der Waals surface area (Å²) in [6.45, 7) is 7.38. The predicted octanol–water partition coefficient (Wildman–Crippen LogP) is 2.00. The van der Waals surface area contributed by atoms with E-state index < -0.39 is 0 Å². The normalized spacial score (nSPS) is 11.6. The van der Waals surface area contributed by atoms with E-state index in [-0.39, 0.29) is 5.41 Å². The minimum Gasteiger partial charge on any atom is -0.496 e. The molecule has 1 rings (SSSR count). The maximum Gasteiger partial charge on any atom is 0.122 e. The van der Waals surface area contributed by atoms with Gasteiger partial charge in [0.25, 0.3) is 0 Å². The summed E-state index contributed by atoms with van der Waals surface area (Å²) in [5, 5.41) is 0. The maximum absolute atomic E-state index is 5.34. The van der Waals surface area contributed by atoms with Gasteiger partial charge in [0.05, 0.1) is 7.11 Å². The second kappa shape index (κ2) is 5.32. The number of nitrogens with two attached hydrogens (primary N) is 1. The molecule has 0 aliphatic heterocycles. The number of rotatable bonds is 4. The summed E-state index contributed by atoms with van der Waals surface area (Å²) >= 11 is 0. The Morgan fingerprint density at radius 2 is 2.00 bits per heavy atom. The first-order valence-corrected chi connectivity index (χ1v) is 5.60. The second-order valence-corrected chi connectivity index (χ2v) is 4.98. The Hall–Kier alpha value is -1.06. The zero-order chi connectivity index (χ0) is 12.2. The lowest BCUT2D eigenvalue weighted by Gasteiger charge is -2.21. The number of methoxy groups -OCH3 is 1. The minimum absolute atomic E-state index is 0.164. The van der Waals surface area contributed by atoms with Crippen LogP contribution in [0.2, 0.25) is 0 Å². The molecule has 0 bridgehead atoms. The molecule has 3 heteroatoms. The molecule has 0 heterocycles. The van der Waals surface area contributed by atoms with Crippen LogP contribution in [-0.2, 0) is 11.8 Å². The molecule has 0 spiro atoms. The Morgan fingerprint density at radius 3 is 2.50 bits per heavy atom. The average Bonchev–Trinajstić information content (AvgIpc) is 2.24. The van der Waals surface area contributed by atoms with Crippen molar-refractivity contribution < 1.29 is 4.74 Å². The van der Waals surface area contributed by atoms with Gasteiger partial charge in [-0.05, 0) is 29.0 Å². The number of hydrogen-bond donors (Lipinski definition) is 2. The van der Waals surface area contributed by atoms with Crippen LogP contribution in [0.15, 0.2) is 18.2 Å². The van der Waals surface area contributed by atoms with E-state index in [1.165, 1.54) is 11.1 Å². The van der Waals surface area contributed by atoms with Crippen LogP contribution >= 0.6 is 0 Å². The summed E-state index contributed by atoms with van der Waals surface area (Å²) in [4.78, 5) is 0. The summed E-state index contributed by atoms with van der Waals surface area (Å²) in [5.74, 6) is 6.23. The molecule has 0 aliphatic rings. The quantitative estimate of drug-likeness (QED) is 0.605. The van der Waals surface area contributed by atoms with Crippen LogP contribution in [0.3, 0.4) is 0 Å². The van der Waals surface area contributed by atoms with Crippen molar-refractivity contribution in [3.63, 3.8) is 0 Å². The maximum atomic E-state index is 5.34. The van der Waals surface area contributed by atoms with E-state index in [1.807, 2.05) is 6.07 Å². The Kier molecular flexibility index (Phi) is 4.33. The van der Waals surface area contributed by atoms with Crippen molar-refractivity contribution in [1.82, 2.24) is 5.43 Å². The van der Waals surface area contributed by atoms with Crippen molar-refractivity contribution in [2.24, 2.45) is 5.84 Å². The molecule has 90 valence electrons. The standard InChI is InChI=1S/C13H22N2O/c1-13(2,3)11-5-6-12(16-4)10(9-11)7-8-15-14/h5-6,9,15H,7-8,14H2,1-4H3. The highest BCUT2D eigenvalue weighted by Gasteiger charge is 2.15. The highest BCUT2D eigenvalue weighted by atomic mass is 16.5. The van der Waals surface area contributed by atoms with Gasteiger partial charge in [0, 0.05) is 6.54 Å². The van der Waals surface area contributed by atoms with Gasteiger partial charge in [-0.2, -0.15) is 0 Å².